The molecule has 3 aliphatic rings. The van der Waals surface area contributed by atoms with Crippen LogP contribution >= 0.6 is 0 Å². The van der Waals surface area contributed by atoms with E-state index in [-0.39, 0.29) is 0 Å². The lowest BCUT2D eigenvalue weighted by atomic mass is 9.59. The van der Waals surface area contributed by atoms with Crippen molar-refractivity contribution in [1.29, 1.82) is 0 Å². The van der Waals surface area contributed by atoms with Gasteiger partial charge in [-0.15, -0.1) is 0 Å². The fraction of sp³-hybridized carbons (Fsp3) is 0.857. The summed E-state index contributed by atoms with van der Waals surface area (Å²) in [5.41, 5.74) is 2.71. The molecule has 0 nitrogen and oxygen atoms in total. The molecule has 28 heavy (non-hydrogen) atoms. The Morgan fingerprint density at radius 1 is 1.00 bits per heavy atom. The minimum Gasteiger partial charge on any atom is -0.0809 e. The molecule has 0 aromatic rings. The standard InChI is InChI=1S/C28H48/c1-21(2)11-9-12-22(3)26-17-16-25-15-10-14-24-13-7-8-19-27(24,5)23(4)18-20-28(25,26)6/h10,14-15,21-23,25-26H,7-9,11-13,16-20H2,1-6H3/b15-10+,24-14-. The van der Waals surface area contributed by atoms with Gasteiger partial charge in [-0.2, -0.15) is 0 Å². The van der Waals surface area contributed by atoms with E-state index in [0.717, 1.165) is 29.6 Å². The van der Waals surface area contributed by atoms with Gasteiger partial charge < -0.3 is 0 Å². The zero-order valence-electron chi connectivity index (χ0n) is 19.9. The molecule has 0 heterocycles. The van der Waals surface area contributed by atoms with Crippen molar-refractivity contribution >= 4 is 0 Å². The first-order chi connectivity index (χ1) is 13.3. The normalized spacial score (nSPS) is 43.0. The van der Waals surface area contributed by atoms with Crippen molar-refractivity contribution in [2.75, 3.05) is 0 Å². The lowest BCUT2D eigenvalue weighted by molar-refractivity contribution is 0.0889. The van der Waals surface area contributed by atoms with Crippen LogP contribution in [0.4, 0.5) is 0 Å². The van der Waals surface area contributed by atoms with Crippen molar-refractivity contribution < 1.29 is 0 Å². The van der Waals surface area contributed by atoms with Crippen molar-refractivity contribution in [2.45, 2.75) is 112 Å². The first-order valence-corrected chi connectivity index (χ1v) is 12.6. The Morgan fingerprint density at radius 2 is 1.79 bits per heavy atom. The van der Waals surface area contributed by atoms with Crippen LogP contribution in [0.15, 0.2) is 23.8 Å². The van der Waals surface area contributed by atoms with Crippen LogP contribution in [0.5, 0.6) is 0 Å². The third-order valence-corrected chi connectivity index (χ3v) is 9.58. The van der Waals surface area contributed by atoms with E-state index in [4.69, 9.17) is 0 Å². The molecule has 0 bridgehead atoms. The topological polar surface area (TPSA) is 0 Å². The van der Waals surface area contributed by atoms with Gasteiger partial charge in [-0.05, 0) is 85.4 Å². The Labute approximate surface area is 176 Å². The minimum atomic E-state index is 0.447. The van der Waals surface area contributed by atoms with E-state index < -0.39 is 0 Å². The van der Waals surface area contributed by atoms with E-state index in [0.29, 0.717) is 10.8 Å². The molecule has 2 fully saturated rings. The van der Waals surface area contributed by atoms with E-state index in [9.17, 15) is 0 Å². The van der Waals surface area contributed by atoms with E-state index in [2.05, 4.69) is 59.8 Å². The highest BCUT2D eigenvalue weighted by Gasteiger charge is 2.48. The summed E-state index contributed by atoms with van der Waals surface area (Å²) in [6.07, 6.45) is 23.2. The third-order valence-electron chi connectivity index (χ3n) is 9.58. The molecule has 0 N–H and O–H groups in total. The Balaban J connectivity index is 1.78. The molecule has 6 atom stereocenters. The summed E-state index contributed by atoms with van der Waals surface area (Å²) in [5, 5.41) is 0. The Hall–Kier alpha value is -0.520. The lowest BCUT2D eigenvalue weighted by Gasteiger charge is -2.45. The maximum atomic E-state index is 2.67. The summed E-state index contributed by atoms with van der Waals surface area (Å²) in [6, 6.07) is 0. The number of rotatable bonds is 5. The Bertz CT molecular complexity index is 567. The number of fused-ring (bicyclic) bond motifs is 2. The van der Waals surface area contributed by atoms with Crippen LogP contribution < -0.4 is 0 Å². The maximum Gasteiger partial charge on any atom is -0.00876 e. The van der Waals surface area contributed by atoms with E-state index >= 15 is 0 Å². The van der Waals surface area contributed by atoms with Gasteiger partial charge in [0, 0.05) is 0 Å². The molecule has 0 radical (unpaired) electrons. The van der Waals surface area contributed by atoms with Crippen LogP contribution in [0, 0.1) is 40.4 Å². The summed E-state index contributed by atoms with van der Waals surface area (Å²) in [4.78, 5) is 0. The van der Waals surface area contributed by atoms with Crippen LogP contribution in [-0.2, 0) is 0 Å². The summed E-state index contributed by atoms with van der Waals surface area (Å²) < 4.78 is 0. The number of hydrogen-bond acceptors (Lipinski definition) is 0. The monoisotopic (exact) mass is 384 g/mol. The summed E-state index contributed by atoms with van der Waals surface area (Å²) in [7, 11) is 0. The van der Waals surface area contributed by atoms with Crippen LogP contribution in [0.1, 0.15) is 112 Å². The van der Waals surface area contributed by atoms with Crippen LogP contribution in [0.3, 0.4) is 0 Å². The number of hydrogen-bond donors (Lipinski definition) is 0. The lowest BCUT2D eigenvalue weighted by Crippen LogP contribution is -2.36. The molecule has 0 aromatic heterocycles. The highest BCUT2D eigenvalue weighted by molar-refractivity contribution is 5.24. The van der Waals surface area contributed by atoms with Crippen LogP contribution in [0.25, 0.3) is 0 Å². The average molecular weight is 385 g/mol. The SMILES string of the molecule is CC(C)CCCC(C)C1CCC2/C=C/C=C3/CCCCC3(C)C(C)CCC21C. The summed E-state index contributed by atoms with van der Waals surface area (Å²) >= 11 is 0. The molecule has 0 amide bonds. The van der Waals surface area contributed by atoms with Crippen molar-refractivity contribution in [3.8, 4) is 0 Å². The second-order valence-electron chi connectivity index (χ2n) is 11.7. The van der Waals surface area contributed by atoms with Gasteiger partial charge in [0.2, 0.25) is 0 Å². The van der Waals surface area contributed by atoms with Gasteiger partial charge in [0.05, 0.1) is 0 Å². The molecule has 3 rings (SSSR count). The molecule has 0 aromatic carbocycles. The Morgan fingerprint density at radius 3 is 2.54 bits per heavy atom. The number of allylic oxidation sites excluding steroid dienone is 4. The van der Waals surface area contributed by atoms with Gasteiger partial charge >= 0.3 is 0 Å². The zero-order valence-corrected chi connectivity index (χ0v) is 19.9. The summed E-state index contributed by atoms with van der Waals surface area (Å²) in [6.45, 7) is 15.1. The van der Waals surface area contributed by atoms with Gasteiger partial charge in [0.1, 0.15) is 0 Å². The molecule has 0 saturated heterocycles. The first kappa shape index (κ1) is 22.2. The fourth-order valence-electron chi connectivity index (χ4n) is 7.21. The molecule has 0 spiro atoms. The maximum absolute atomic E-state index is 2.67. The van der Waals surface area contributed by atoms with E-state index in [1.807, 2.05) is 0 Å². The highest BCUT2D eigenvalue weighted by Crippen LogP contribution is 2.57. The predicted molar refractivity (Wildman–Crippen MR) is 124 cm³/mol. The minimum absolute atomic E-state index is 0.447. The van der Waals surface area contributed by atoms with Gasteiger partial charge in [-0.3, -0.25) is 0 Å². The van der Waals surface area contributed by atoms with Gasteiger partial charge in [0.25, 0.3) is 0 Å². The second-order valence-corrected chi connectivity index (χ2v) is 11.7. The quantitative estimate of drug-likeness (QED) is 0.443. The summed E-state index contributed by atoms with van der Waals surface area (Å²) in [5.74, 6) is 4.27. The largest absolute Gasteiger partial charge is 0.0809 e. The smallest absolute Gasteiger partial charge is 0.00876 e. The average Bonchev–Trinajstić information content (AvgIpc) is 2.97. The van der Waals surface area contributed by atoms with Gasteiger partial charge in [0.15, 0.2) is 0 Å². The van der Waals surface area contributed by atoms with Gasteiger partial charge in [-0.25, -0.2) is 0 Å². The Kier molecular flexibility index (Phi) is 7.20. The zero-order chi connectivity index (χ0) is 20.4. The molecule has 0 heteroatoms. The van der Waals surface area contributed by atoms with Crippen molar-refractivity contribution in [3.63, 3.8) is 0 Å². The second kappa shape index (κ2) is 9.09. The third kappa shape index (κ3) is 4.46. The molecule has 6 unspecified atom stereocenters. The van der Waals surface area contributed by atoms with E-state index in [1.54, 1.807) is 5.57 Å². The van der Waals surface area contributed by atoms with Crippen LogP contribution in [-0.4, -0.2) is 0 Å². The van der Waals surface area contributed by atoms with Gasteiger partial charge in [-0.1, -0.05) is 91.0 Å². The molecule has 3 aliphatic carbocycles. The molecular formula is C28H48. The van der Waals surface area contributed by atoms with Crippen LogP contribution in [0.2, 0.25) is 0 Å². The van der Waals surface area contributed by atoms with E-state index in [1.165, 1.54) is 70.6 Å². The molecular weight excluding hydrogens is 336 g/mol. The molecule has 0 aliphatic heterocycles. The fourth-order valence-corrected chi connectivity index (χ4v) is 7.21. The van der Waals surface area contributed by atoms with Crippen molar-refractivity contribution in [1.82, 2.24) is 0 Å². The molecule has 2 saturated carbocycles. The van der Waals surface area contributed by atoms with Crippen molar-refractivity contribution in [2.24, 2.45) is 40.4 Å². The first-order valence-electron chi connectivity index (χ1n) is 12.6. The highest BCUT2D eigenvalue weighted by atomic mass is 14.5. The molecule has 160 valence electrons. The van der Waals surface area contributed by atoms with Crippen molar-refractivity contribution in [3.05, 3.63) is 23.8 Å². The predicted octanol–water partition coefficient (Wildman–Crippen LogP) is 8.97.